The fourth-order valence-corrected chi connectivity index (χ4v) is 3.49. The van der Waals surface area contributed by atoms with Crippen LogP contribution in [-0.2, 0) is 11.4 Å². The van der Waals surface area contributed by atoms with Crippen LogP contribution in [0, 0.1) is 24.0 Å². The lowest BCUT2D eigenvalue weighted by atomic mass is 10.0. The number of rotatable bonds is 9. The summed E-state index contributed by atoms with van der Waals surface area (Å²) in [4.78, 5) is 22.7. The maximum absolute atomic E-state index is 12.3. The van der Waals surface area contributed by atoms with Crippen LogP contribution in [0.3, 0.4) is 0 Å². The van der Waals surface area contributed by atoms with Gasteiger partial charge in [0.05, 0.1) is 16.4 Å². The van der Waals surface area contributed by atoms with E-state index >= 15 is 0 Å². The molecule has 0 spiro atoms. The van der Waals surface area contributed by atoms with Gasteiger partial charge in [0.15, 0.2) is 6.61 Å². The van der Waals surface area contributed by atoms with Crippen molar-refractivity contribution in [2.75, 3.05) is 11.1 Å². The second-order valence-corrected chi connectivity index (χ2v) is 8.47. The number of amides is 1. The molecule has 3 aromatic rings. The minimum absolute atomic E-state index is 0.0139. The normalized spacial score (nSPS) is 10.9. The molecule has 168 valence electrons. The molecular formula is C22H24N4O5S. The summed E-state index contributed by atoms with van der Waals surface area (Å²) in [5.41, 5.74) is 3.22. The summed E-state index contributed by atoms with van der Waals surface area (Å²) in [6.07, 6.45) is 0. The van der Waals surface area contributed by atoms with E-state index in [-0.39, 0.29) is 29.2 Å². The molecule has 32 heavy (non-hydrogen) atoms. The molecule has 9 nitrogen and oxygen atoms in total. The quantitative estimate of drug-likeness (QED) is 0.270. The summed E-state index contributed by atoms with van der Waals surface area (Å²) in [6, 6.07) is 10.4. The van der Waals surface area contributed by atoms with Gasteiger partial charge in [0.25, 0.3) is 16.8 Å². The first-order valence-electron chi connectivity index (χ1n) is 9.96. The molecule has 0 saturated carbocycles. The molecule has 0 aliphatic rings. The highest BCUT2D eigenvalue weighted by Gasteiger charge is 2.15. The monoisotopic (exact) mass is 456 g/mol. The van der Waals surface area contributed by atoms with Gasteiger partial charge in [-0.05, 0) is 42.5 Å². The van der Waals surface area contributed by atoms with E-state index in [0.717, 1.165) is 34.2 Å². The van der Waals surface area contributed by atoms with E-state index in [9.17, 15) is 14.9 Å². The number of nitrogens with one attached hydrogen (secondary N) is 1. The Morgan fingerprint density at radius 3 is 2.72 bits per heavy atom. The Morgan fingerprint density at radius 2 is 2.00 bits per heavy atom. The second-order valence-electron chi connectivity index (χ2n) is 7.54. The van der Waals surface area contributed by atoms with Crippen molar-refractivity contribution in [2.24, 2.45) is 0 Å². The molecule has 1 aromatic heterocycles. The highest BCUT2D eigenvalue weighted by Crippen LogP contribution is 2.28. The highest BCUT2D eigenvalue weighted by molar-refractivity contribution is 7.99. The molecule has 2 aromatic carbocycles. The standard InChI is InChI=1S/C22H24N4O5S/c1-13(2)17-8-5-14(3)9-19(17)30-11-21-24-25-22(31-21)32-12-20(27)23-18-10-16(26(28)29)7-6-15(18)4/h5-10,13H,11-12H2,1-4H3,(H,23,27). The number of anilines is 1. The van der Waals surface area contributed by atoms with Crippen molar-refractivity contribution in [3.63, 3.8) is 0 Å². The van der Waals surface area contributed by atoms with Crippen LogP contribution in [0.25, 0.3) is 0 Å². The second kappa shape index (κ2) is 10.3. The van der Waals surface area contributed by atoms with Gasteiger partial charge >= 0.3 is 0 Å². The SMILES string of the molecule is Cc1ccc(C(C)C)c(OCc2nnc(SCC(=O)Nc3cc([N+](=O)[O-])ccc3C)o2)c1. The topological polar surface area (TPSA) is 120 Å². The Kier molecular flexibility index (Phi) is 7.47. The Morgan fingerprint density at radius 1 is 1.22 bits per heavy atom. The number of nitro benzene ring substituents is 1. The molecule has 1 heterocycles. The van der Waals surface area contributed by atoms with Crippen LogP contribution < -0.4 is 10.1 Å². The summed E-state index contributed by atoms with van der Waals surface area (Å²) < 4.78 is 11.4. The third kappa shape index (κ3) is 6.07. The van der Waals surface area contributed by atoms with E-state index in [2.05, 4.69) is 29.4 Å². The lowest BCUT2D eigenvalue weighted by Crippen LogP contribution is -2.15. The summed E-state index contributed by atoms with van der Waals surface area (Å²) in [6.45, 7) is 8.07. The molecule has 0 bridgehead atoms. The smallest absolute Gasteiger partial charge is 0.277 e. The summed E-state index contributed by atoms with van der Waals surface area (Å²) in [7, 11) is 0. The van der Waals surface area contributed by atoms with Crippen molar-refractivity contribution < 1.29 is 18.9 Å². The third-order valence-corrected chi connectivity index (χ3v) is 5.44. The maximum Gasteiger partial charge on any atom is 0.277 e. The molecule has 0 fully saturated rings. The Hall–Kier alpha value is -3.40. The average molecular weight is 457 g/mol. The van der Waals surface area contributed by atoms with Gasteiger partial charge in [-0.1, -0.05) is 43.8 Å². The number of hydrogen-bond donors (Lipinski definition) is 1. The fourth-order valence-electron chi connectivity index (χ4n) is 2.91. The Labute approximate surface area is 189 Å². The summed E-state index contributed by atoms with van der Waals surface area (Å²) >= 11 is 1.08. The number of hydrogen-bond acceptors (Lipinski definition) is 8. The number of carbonyl (C=O) groups is 1. The molecule has 0 aliphatic heterocycles. The number of ether oxygens (including phenoxy) is 1. The van der Waals surface area contributed by atoms with Crippen LogP contribution in [0.1, 0.15) is 42.3 Å². The lowest BCUT2D eigenvalue weighted by Gasteiger charge is -2.13. The molecule has 0 radical (unpaired) electrons. The number of thioether (sulfide) groups is 1. The van der Waals surface area contributed by atoms with Gasteiger partial charge in [-0.15, -0.1) is 10.2 Å². The predicted octanol–water partition coefficient (Wildman–Crippen LogP) is 5.03. The highest BCUT2D eigenvalue weighted by atomic mass is 32.2. The van der Waals surface area contributed by atoms with Crippen LogP contribution in [0.4, 0.5) is 11.4 Å². The van der Waals surface area contributed by atoms with Gasteiger partial charge in [0, 0.05) is 12.1 Å². The molecule has 3 rings (SSSR count). The van der Waals surface area contributed by atoms with Gasteiger partial charge in [0.1, 0.15) is 5.75 Å². The molecule has 1 amide bonds. The maximum atomic E-state index is 12.3. The van der Waals surface area contributed by atoms with Crippen molar-refractivity contribution in [1.29, 1.82) is 0 Å². The number of nitrogens with zero attached hydrogens (tertiary/aromatic N) is 3. The molecular weight excluding hydrogens is 432 g/mol. The van der Waals surface area contributed by atoms with Gasteiger partial charge in [-0.25, -0.2) is 0 Å². The average Bonchev–Trinajstić information content (AvgIpc) is 3.20. The van der Waals surface area contributed by atoms with Crippen molar-refractivity contribution in [1.82, 2.24) is 10.2 Å². The molecule has 1 N–H and O–H groups in total. The molecule has 0 aliphatic carbocycles. The van der Waals surface area contributed by atoms with Crippen LogP contribution in [0.2, 0.25) is 0 Å². The van der Waals surface area contributed by atoms with Gasteiger partial charge in [-0.2, -0.15) is 0 Å². The Bertz CT molecular complexity index is 1130. The van der Waals surface area contributed by atoms with Crippen molar-refractivity contribution in [3.8, 4) is 5.75 Å². The van der Waals surface area contributed by atoms with Crippen LogP contribution in [-0.4, -0.2) is 26.8 Å². The van der Waals surface area contributed by atoms with Crippen LogP contribution in [0.5, 0.6) is 5.75 Å². The van der Waals surface area contributed by atoms with Gasteiger partial charge < -0.3 is 14.5 Å². The number of aryl methyl sites for hydroxylation is 2. The number of nitro groups is 1. The first-order chi connectivity index (χ1) is 15.2. The molecule has 0 saturated heterocycles. The number of non-ortho nitro benzene ring substituents is 1. The largest absolute Gasteiger partial charge is 0.484 e. The zero-order valence-electron chi connectivity index (χ0n) is 18.2. The third-order valence-electron chi connectivity index (χ3n) is 4.62. The predicted molar refractivity (Wildman–Crippen MR) is 121 cm³/mol. The first-order valence-corrected chi connectivity index (χ1v) is 10.9. The zero-order valence-corrected chi connectivity index (χ0v) is 19.1. The van der Waals surface area contributed by atoms with Crippen molar-refractivity contribution in [2.45, 2.75) is 45.4 Å². The Balaban J connectivity index is 1.55. The van der Waals surface area contributed by atoms with Gasteiger partial charge in [0.2, 0.25) is 5.91 Å². The molecule has 0 atom stereocenters. The van der Waals surface area contributed by atoms with E-state index in [1.807, 2.05) is 25.1 Å². The van der Waals surface area contributed by atoms with Crippen molar-refractivity contribution >= 4 is 29.0 Å². The van der Waals surface area contributed by atoms with E-state index in [1.165, 1.54) is 12.1 Å². The fraction of sp³-hybridized carbons (Fsp3) is 0.318. The number of benzene rings is 2. The first kappa shape index (κ1) is 23.3. The van der Waals surface area contributed by atoms with Crippen LogP contribution >= 0.6 is 11.8 Å². The number of aromatic nitrogens is 2. The molecule has 0 unspecified atom stereocenters. The van der Waals surface area contributed by atoms with Crippen LogP contribution in [0.15, 0.2) is 46.0 Å². The summed E-state index contributed by atoms with van der Waals surface area (Å²) in [5, 5.41) is 21.7. The zero-order chi connectivity index (χ0) is 23.3. The number of carbonyl (C=O) groups excluding carboxylic acids is 1. The minimum atomic E-state index is -0.507. The van der Waals surface area contributed by atoms with E-state index < -0.39 is 4.92 Å². The van der Waals surface area contributed by atoms with E-state index in [1.54, 1.807) is 13.0 Å². The minimum Gasteiger partial charge on any atom is -0.484 e. The van der Waals surface area contributed by atoms with Gasteiger partial charge in [-0.3, -0.25) is 14.9 Å². The summed E-state index contributed by atoms with van der Waals surface area (Å²) in [5.74, 6) is 1.07. The van der Waals surface area contributed by atoms with E-state index in [4.69, 9.17) is 9.15 Å². The van der Waals surface area contributed by atoms with Crippen molar-refractivity contribution in [3.05, 3.63) is 69.1 Å². The van der Waals surface area contributed by atoms with E-state index in [0.29, 0.717) is 17.5 Å². The lowest BCUT2D eigenvalue weighted by molar-refractivity contribution is -0.384. The molecule has 10 heteroatoms.